The van der Waals surface area contributed by atoms with E-state index in [4.69, 9.17) is 4.74 Å². The van der Waals surface area contributed by atoms with Gasteiger partial charge in [-0.15, -0.1) is 0 Å². The van der Waals surface area contributed by atoms with Gasteiger partial charge in [0.25, 0.3) is 0 Å². The summed E-state index contributed by atoms with van der Waals surface area (Å²) < 4.78 is 32.4. The smallest absolute Gasteiger partial charge is 0.129 e. The third kappa shape index (κ3) is 4.75. The minimum atomic E-state index is -0.518. The molecule has 0 unspecified atom stereocenters. The molecule has 1 aliphatic heterocycles. The first-order valence-electron chi connectivity index (χ1n) is 7.73. The van der Waals surface area contributed by atoms with Crippen molar-refractivity contribution in [1.29, 1.82) is 0 Å². The van der Waals surface area contributed by atoms with E-state index in [0.717, 1.165) is 32.0 Å². The molecule has 1 aliphatic rings. The van der Waals surface area contributed by atoms with Crippen LogP contribution < -0.4 is 5.32 Å². The molecule has 0 atom stereocenters. The quantitative estimate of drug-likeness (QED) is 0.867. The predicted molar refractivity (Wildman–Crippen MR) is 80.3 cm³/mol. The lowest BCUT2D eigenvalue weighted by molar-refractivity contribution is 0.0143. The molecule has 2 rings (SSSR count). The Bertz CT molecular complexity index is 456. The van der Waals surface area contributed by atoms with Crippen molar-refractivity contribution in [3.63, 3.8) is 0 Å². The van der Waals surface area contributed by atoms with Gasteiger partial charge in [0.1, 0.15) is 11.6 Å². The highest BCUT2D eigenvalue weighted by Gasteiger charge is 2.33. The zero-order valence-corrected chi connectivity index (χ0v) is 12.9. The fraction of sp³-hybridized carbons (Fsp3) is 0.647. The van der Waals surface area contributed by atoms with E-state index in [1.807, 2.05) is 0 Å². The van der Waals surface area contributed by atoms with E-state index in [1.165, 1.54) is 6.07 Å². The minimum Gasteiger partial charge on any atom is -0.381 e. The summed E-state index contributed by atoms with van der Waals surface area (Å²) in [7, 11) is 0. The molecule has 0 amide bonds. The van der Waals surface area contributed by atoms with Crippen molar-refractivity contribution in [3.05, 3.63) is 35.4 Å². The standard InChI is InChI=1S/C17H25F2NO/c1-13(2)11-20-12-17(5-7-21-8-6-17)10-14-3-4-15(18)9-16(14)19/h3-4,9,13,20H,5-8,10-12H2,1-2H3. The van der Waals surface area contributed by atoms with Crippen molar-refractivity contribution < 1.29 is 13.5 Å². The average molecular weight is 297 g/mol. The van der Waals surface area contributed by atoms with Crippen molar-refractivity contribution in [2.75, 3.05) is 26.3 Å². The Hall–Kier alpha value is -1.00. The largest absolute Gasteiger partial charge is 0.381 e. The molecule has 1 aromatic rings. The van der Waals surface area contributed by atoms with Gasteiger partial charge in [-0.3, -0.25) is 0 Å². The number of nitrogens with one attached hydrogen (secondary N) is 1. The fourth-order valence-electron chi connectivity index (χ4n) is 2.92. The number of halogens is 2. The molecule has 4 heteroatoms. The second kappa shape index (κ2) is 7.32. The summed E-state index contributed by atoms with van der Waals surface area (Å²) >= 11 is 0. The van der Waals surface area contributed by atoms with Crippen LogP contribution in [-0.4, -0.2) is 26.3 Å². The molecule has 118 valence electrons. The first-order chi connectivity index (χ1) is 10.0. The van der Waals surface area contributed by atoms with Gasteiger partial charge in [0.15, 0.2) is 0 Å². The van der Waals surface area contributed by atoms with Crippen molar-refractivity contribution in [2.45, 2.75) is 33.1 Å². The number of benzene rings is 1. The summed E-state index contributed by atoms with van der Waals surface area (Å²) in [5.41, 5.74) is 0.607. The molecule has 1 fully saturated rings. The Morgan fingerprint density at radius 2 is 1.95 bits per heavy atom. The summed E-state index contributed by atoms with van der Waals surface area (Å²) in [6, 6.07) is 3.89. The molecular formula is C17H25F2NO. The van der Waals surface area contributed by atoms with Crippen molar-refractivity contribution >= 4 is 0 Å². The SMILES string of the molecule is CC(C)CNCC1(Cc2ccc(F)cc2F)CCOCC1. The van der Waals surface area contributed by atoms with Crippen molar-refractivity contribution in [2.24, 2.45) is 11.3 Å². The normalized spacial score (nSPS) is 18.1. The minimum absolute atomic E-state index is 0.00576. The summed E-state index contributed by atoms with van der Waals surface area (Å²) in [6.07, 6.45) is 2.46. The molecular weight excluding hydrogens is 272 g/mol. The van der Waals surface area contributed by atoms with Crippen LogP contribution in [0.25, 0.3) is 0 Å². The molecule has 0 aliphatic carbocycles. The van der Waals surface area contributed by atoms with Crippen LogP contribution in [-0.2, 0) is 11.2 Å². The van der Waals surface area contributed by atoms with E-state index in [0.29, 0.717) is 31.1 Å². The van der Waals surface area contributed by atoms with Gasteiger partial charge in [0.2, 0.25) is 0 Å². The highest BCUT2D eigenvalue weighted by molar-refractivity contribution is 5.20. The second-order valence-electron chi connectivity index (χ2n) is 6.55. The van der Waals surface area contributed by atoms with Crippen LogP contribution in [0.4, 0.5) is 8.78 Å². The average Bonchev–Trinajstić information content (AvgIpc) is 2.43. The maximum atomic E-state index is 13.9. The topological polar surface area (TPSA) is 21.3 Å². The van der Waals surface area contributed by atoms with Gasteiger partial charge in [-0.25, -0.2) is 8.78 Å². The zero-order valence-electron chi connectivity index (χ0n) is 12.9. The highest BCUT2D eigenvalue weighted by Crippen LogP contribution is 2.34. The van der Waals surface area contributed by atoms with Crippen LogP contribution in [0.2, 0.25) is 0 Å². The Labute approximate surface area is 125 Å². The van der Waals surface area contributed by atoms with Crippen molar-refractivity contribution in [3.8, 4) is 0 Å². The molecule has 1 aromatic carbocycles. The van der Waals surface area contributed by atoms with Crippen LogP contribution in [0.5, 0.6) is 0 Å². The molecule has 21 heavy (non-hydrogen) atoms. The van der Waals surface area contributed by atoms with Gasteiger partial charge >= 0.3 is 0 Å². The number of ether oxygens (including phenoxy) is 1. The van der Waals surface area contributed by atoms with Crippen LogP contribution in [0, 0.1) is 23.0 Å². The highest BCUT2D eigenvalue weighted by atomic mass is 19.1. The van der Waals surface area contributed by atoms with Crippen molar-refractivity contribution in [1.82, 2.24) is 5.32 Å². The molecule has 0 spiro atoms. The Morgan fingerprint density at radius 1 is 1.24 bits per heavy atom. The number of rotatable bonds is 6. The van der Waals surface area contributed by atoms with Crippen LogP contribution in [0.15, 0.2) is 18.2 Å². The Kier molecular flexibility index (Phi) is 5.71. The predicted octanol–water partition coefficient (Wildman–Crippen LogP) is 3.55. The lowest BCUT2D eigenvalue weighted by atomic mass is 9.75. The Morgan fingerprint density at radius 3 is 2.57 bits per heavy atom. The third-order valence-electron chi connectivity index (χ3n) is 4.19. The summed E-state index contributed by atoms with van der Waals surface area (Å²) in [4.78, 5) is 0. The van der Waals surface area contributed by atoms with E-state index in [1.54, 1.807) is 6.07 Å². The van der Waals surface area contributed by atoms with Crippen LogP contribution >= 0.6 is 0 Å². The maximum Gasteiger partial charge on any atom is 0.129 e. The molecule has 0 aromatic heterocycles. The van der Waals surface area contributed by atoms with Gasteiger partial charge in [-0.1, -0.05) is 19.9 Å². The number of hydrogen-bond acceptors (Lipinski definition) is 2. The Balaban J connectivity index is 2.08. The first kappa shape index (κ1) is 16.4. The molecule has 1 saturated heterocycles. The summed E-state index contributed by atoms with van der Waals surface area (Å²) in [6.45, 7) is 7.57. The second-order valence-corrected chi connectivity index (χ2v) is 6.55. The van der Waals surface area contributed by atoms with E-state index in [2.05, 4.69) is 19.2 Å². The van der Waals surface area contributed by atoms with Gasteiger partial charge in [-0.2, -0.15) is 0 Å². The molecule has 2 nitrogen and oxygen atoms in total. The van der Waals surface area contributed by atoms with E-state index in [9.17, 15) is 8.78 Å². The molecule has 0 bridgehead atoms. The van der Waals surface area contributed by atoms with Gasteiger partial charge < -0.3 is 10.1 Å². The summed E-state index contributed by atoms with van der Waals surface area (Å²) in [5, 5.41) is 3.49. The monoisotopic (exact) mass is 297 g/mol. The molecule has 1 heterocycles. The van der Waals surface area contributed by atoms with E-state index in [-0.39, 0.29) is 5.41 Å². The number of hydrogen-bond donors (Lipinski definition) is 1. The molecule has 0 saturated carbocycles. The molecule has 0 radical (unpaired) electrons. The van der Waals surface area contributed by atoms with Gasteiger partial charge in [0, 0.05) is 25.8 Å². The van der Waals surface area contributed by atoms with Gasteiger partial charge in [0.05, 0.1) is 0 Å². The van der Waals surface area contributed by atoms with Gasteiger partial charge in [-0.05, 0) is 48.8 Å². The first-order valence-corrected chi connectivity index (χ1v) is 7.73. The van der Waals surface area contributed by atoms with Crippen LogP contribution in [0.3, 0.4) is 0 Å². The lowest BCUT2D eigenvalue weighted by Gasteiger charge is -2.38. The third-order valence-corrected chi connectivity index (χ3v) is 4.19. The molecule has 1 N–H and O–H groups in total. The lowest BCUT2D eigenvalue weighted by Crippen LogP contribution is -2.42. The van der Waals surface area contributed by atoms with Crippen LogP contribution in [0.1, 0.15) is 32.3 Å². The zero-order chi connectivity index (χ0) is 15.3. The van der Waals surface area contributed by atoms with E-state index >= 15 is 0 Å². The fourth-order valence-corrected chi connectivity index (χ4v) is 2.92. The summed E-state index contributed by atoms with van der Waals surface area (Å²) in [5.74, 6) is -0.371. The maximum absolute atomic E-state index is 13.9. The van der Waals surface area contributed by atoms with E-state index < -0.39 is 11.6 Å².